The van der Waals surface area contributed by atoms with Crippen LogP contribution in [0.4, 0.5) is 5.69 Å². The average molecular weight is 327 g/mol. The molecule has 2 aromatic heterocycles. The minimum absolute atomic E-state index is 0.519. The van der Waals surface area contributed by atoms with Crippen molar-refractivity contribution in [2.75, 3.05) is 5.73 Å². The molecule has 0 amide bonds. The van der Waals surface area contributed by atoms with Crippen molar-refractivity contribution in [3.05, 3.63) is 66.7 Å². The Kier molecular flexibility index (Phi) is 2.87. The molecule has 5 heteroatoms. The fourth-order valence-electron chi connectivity index (χ4n) is 2.89. The van der Waals surface area contributed by atoms with E-state index in [1.807, 2.05) is 66.7 Å². The Bertz CT molecular complexity index is 1060. The topological polar surface area (TPSA) is 78.1 Å². The van der Waals surface area contributed by atoms with Crippen LogP contribution in [0.3, 0.4) is 0 Å². The molecule has 0 radical (unpaired) electrons. The fraction of sp³-hybridized carbons (Fsp3) is 0. The molecule has 25 heavy (non-hydrogen) atoms. The van der Waals surface area contributed by atoms with E-state index in [4.69, 9.17) is 14.6 Å². The zero-order valence-electron chi connectivity index (χ0n) is 13.1. The van der Waals surface area contributed by atoms with E-state index in [9.17, 15) is 0 Å². The Morgan fingerprint density at radius 3 is 1.60 bits per heavy atom. The molecule has 0 saturated carbocycles. The molecule has 5 nitrogen and oxygen atoms in total. The highest BCUT2D eigenvalue weighted by Crippen LogP contribution is 2.31. The molecule has 5 rings (SSSR count). The predicted octanol–water partition coefficient (Wildman–Crippen LogP) is 4.89. The third-order valence-electron chi connectivity index (χ3n) is 4.04. The van der Waals surface area contributed by atoms with Gasteiger partial charge in [0.05, 0.1) is 0 Å². The monoisotopic (exact) mass is 327 g/mol. The van der Waals surface area contributed by atoms with Crippen molar-refractivity contribution in [1.82, 2.24) is 9.97 Å². The first-order valence-electron chi connectivity index (χ1n) is 7.89. The Morgan fingerprint density at radius 1 is 0.640 bits per heavy atom. The Morgan fingerprint density at radius 2 is 1.12 bits per heavy atom. The summed E-state index contributed by atoms with van der Waals surface area (Å²) in [4.78, 5) is 9.06. The molecular formula is C20H13N3O2. The number of para-hydroxylation sites is 4. The summed E-state index contributed by atoms with van der Waals surface area (Å²) in [5.41, 5.74) is 11.3. The van der Waals surface area contributed by atoms with Gasteiger partial charge in [-0.1, -0.05) is 24.3 Å². The van der Waals surface area contributed by atoms with Crippen molar-refractivity contribution in [3.8, 4) is 22.9 Å². The first-order valence-corrected chi connectivity index (χ1v) is 7.89. The van der Waals surface area contributed by atoms with Gasteiger partial charge in [-0.2, -0.15) is 0 Å². The first kappa shape index (κ1) is 13.8. The van der Waals surface area contributed by atoms with E-state index in [1.165, 1.54) is 0 Å². The van der Waals surface area contributed by atoms with Crippen LogP contribution in [0.15, 0.2) is 75.6 Å². The number of nitrogens with zero attached hydrogens (tertiary/aromatic N) is 2. The van der Waals surface area contributed by atoms with Gasteiger partial charge < -0.3 is 14.6 Å². The van der Waals surface area contributed by atoms with E-state index in [0.717, 1.165) is 33.3 Å². The highest BCUT2D eigenvalue weighted by atomic mass is 16.4. The molecule has 0 fully saturated rings. The molecule has 0 atom stereocenters. The van der Waals surface area contributed by atoms with Gasteiger partial charge in [0.1, 0.15) is 11.0 Å². The number of nitrogens with two attached hydrogens (primary N) is 1. The van der Waals surface area contributed by atoms with Crippen LogP contribution in [-0.4, -0.2) is 9.97 Å². The molecule has 0 unspecified atom stereocenters. The van der Waals surface area contributed by atoms with Crippen LogP contribution in [0, 0.1) is 0 Å². The largest absolute Gasteiger partial charge is 0.436 e. The van der Waals surface area contributed by atoms with Crippen LogP contribution >= 0.6 is 0 Å². The normalized spacial score (nSPS) is 11.4. The van der Waals surface area contributed by atoms with Gasteiger partial charge in [0.15, 0.2) is 11.2 Å². The van der Waals surface area contributed by atoms with Gasteiger partial charge >= 0.3 is 0 Å². The molecule has 3 aromatic carbocycles. The summed E-state index contributed by atoms with van der Waals surface area (Å²) in [5, 5.41) is 0. The Labute approximate surface area is 142 Å². The van der Waals surface area contributed by atoms with Gasteiger partial charge in [-0.15, -0.1) is 0 Å². The van der Waals surface area contributed by atoms with E-state index >= 15 is 0 Å². The van der Waals surface area contributed by atoms with Gasteiger partial charge in [-0.05, 0) is 42.5 Å². The maximum Gasteiger partial charge on any atom is 0.227 e. The predicted molar refractivity (Wildman–Crippen MR) is 96.9 cm³/mol. The van der Waals surface area contributed by atoms with Crippen LogP contribution in [0.1, 0.15) is 0 Å². The summed E-state index contributed by atoms with van der Waals surface area (Å²) >= 11 is 0. The molecule has 0 aliphatic heterocycles. The Balaban J connectivity index is 1.66. The summed E-state index contributed by atoms with van der Waals surface area (Å²) in [6, 6.07) is 20.9. The molecule has 0 spiro atoms. The average Bonchev–Trinajstić information content (AvgIpc) is 3.25. The lowest BCUT2D eigenvalue weighted by atomic mass is 10.1. The molecule has 2 N–H and O–H groups in total. The molecular weight excluding hydrogens is 314 g/mol. The van der Waals surface area contributed by atoms with Gasteiger partial charge in [0.25, 0.3) is 0 Å². The molecule has 5 aromatic rings. The Hall–Kier alpha value is -3.60. The zero-order chi connectivity index (χ0) is 16.8. The summed E-state index contributed by atoms with van der Waals surface area (Å²) in [7, 11) is 0. The molecule has 120 valence electrons. The van der Waals surface area contributed by atoms with Gasteiger partial charge in [0.2, 0.25) is 11.8 Å². The van der Waals surface area contributed by atoms with Gasteiger partial charge in [-0.3, -0.25) is 0 Å². The van der Waals surface area contributed by atoms with E-state index in [0.29, 0.717) is 17.5 Å². The number of hydrogen-bond donors (Lipinski definition) is 1. The highest BCUT2D eigenvalue weighted by Gasteiger charge is 2.13. The highest BCUT2D eigenvalue weighted by molar-refractivity contribution is 5.80. The van der Waals surface area contributed by atoms with Crippen LogP contribution < -0.4 is 5.73 Å². The number of anilines is 1. The molecule has 2 heterocycles. The second-order valence-corrected chi connectivity index (χ2v) is 5.82. The first-order chi connectivity index (χ1) is 12.3. The number of rotatable bonds is 2. The van der Waals surface area contributed by atoms with Crippen molar-refractivity contribution < 1.29 is 8.83 Å². The maximum absolute atomic E-state index is 6.08. The van der Waals surface area contributed by atoms with E-state index < -0.39 is 0 Å². The molecule has 0 bridgehead atoms. The summed E-state index contributed by atoms with van der Waals surface area (Å²) < 4.78 is 11.7. The minimum atomic E-state index is 0.519. The number of oxazole rings is 2. The lowest BCUT2D eigenvalue weighted by molar-refractivity contribution is 0.617. The van der Waals surface area contributed by atoms with Crippen molar-refractivity contribution in [3.63, 3.8) is 0 Å². The van der Waals surface area contributed by atoms with E-state index in [-0.39, 0.29) is 0 Å². The summed E-state index contributed by atoms with van der Waals surface area (Å²) in [6.07, 6.45) is 0. The molecule has 0 saturated heterocycles. The number of nitrogen functional groups attached to an aromatic ring is 1. The standard InChI is InChI=1S/C20H13N3O2/c21-14-10-12(19-22-15-5-1-3-7-17(15)24-19)9-13(11-14)20-23-16-6-2-4-8-18(16)25-20/h1-11H,21H2. The van der Waals surface area contributed by atoms with Crippen molar-refractivity contribution in [2.45, 2.75) is 0 Å². The summed E-state index contributed by atoms with van der Waals surface area (Å²) in [5.74, 6) is 1.04. The lowest BCUT2D eigenvalue weighted by Crippen LogP contribution is -1.89. The fourth-order valence-corrected chi connectivity index (χ4v) is 2.89. The van der Waals surface area contributed by atoms with Crippen molar-refractivity contribution in [2.24, 2.45) is 0 Å². The quantitative estimate of drug-likeness (QED) is 0.467. The minimum Gasteiger partial charge on any atom is -0.436 e. The molecule has 0 aliphatic rings. The smallest absolute Gasteiger partial charge is 0.227 e. The van der Waals surface area contributed by atoms with Crippen LogP contribution in [0.25, 0.3) is 45.1 Å². The van der Waals surface area contributed by atoms with Crippen molar-refractivity contribution in [1.29, 1.82) is 0 Å². The maximum atomic E-state index is 6.08. The van der Waals surface area contributed by atoms with Gasteiger partial charge in [-0.25, -0.2) is 9.97 Å². The number of fused-ring (bicyclic) bond motifs is 2. The third kappa shape index (κ3) is 2.33. The zero-order valence-corrected chi connectivity index (χ0v) is 13.1. The van der Waals surface area contributed by atoms with Crippen LogP contribution in [0.2, 0.25) is 0 Å². The number of aromatic nitrogens is 2. The second kappa shape index (κ2) is 5.21. The SMILES string of the molecule is Nc1cc(-c2nc3ccccc3o2)cc(-c2nc3ccccc3o2)c1. The lowest BCUT2D eigenvalue weighted by Gasteiger charge is -2.02. The van der Waals surface area contributed by atoms with Crippen molar-refractivity contribution >= 4 is 27.9 Å². The number of benzene rings is 3. The van der Waals surface area contributed by atoms with E-state index in [1.54, 1.807) is 0 Å². The third-order valence-corrected chi connectivity index (χ3v) is 4.04. The number of hydrogen-bond acceptors (Lipinski definition) is 5. The van der Waals surface area contributed by atoms with E-state index in [2.05, 4.69) is 9.97 Å². The van der Waals surface area contributed by atoms with Crippen LogP contribution in [0.5, 0.6) is 0 Å². The summed E-state index contributed by atoms with van der Waals surface area (Å²) in [6.45, 7) is 0. The van der Waals surface area contributed by atoms with Gasteiger partial charge in [0, 0.05) is 16.8 Å². The molecule has 0 aliphatic carbocycles. The van der Waals surface area contributed by atoms with Crippen LogP contribution in [-0.2, 0) is 0 Å². The second-order valence-electron chi connectivity index (χ2n) is 5.82.